The van der Waals surface area contributed by atoms with Crippen molar-refractivity contribution in [2.75, 3.05) is 12.4 Å². The Morgan fingerprint density at radius 2 is 1.83 bits per heavy atom. The molecule has 3 aromatic rings. The summed E-state index contributed by atoms with van der Waals surface area (Å²) in [5.41, 5.74) is 2.15. The summed E-state index contributed by atoms with van der Waals surface area (Å²) in [7, 11) is 1.57. The van der Waals surface area contributed by atoms with Gasteiger partial charge in [-0.3, -0.25) is 4.79 Å². The number of hydrogen-bond donors (Lipinski definition) is 1. The quantitative estimate of drug-likeness (QED) is 0.787. The van der Waals surface area contributed by atoms with E-state index in [-0.39, 0.29) is 5.91 Å². The van der Waals surface area contributed by atoms with Crippen molar-refractivity contribution in [3.63, 3.8) is 0 Å². The molecule has 0 saturated carbocycles. The summed E-state index contributed by atoms with van der Waals surface area (Å²) in [5.74, 6) is 0.734. The lowest BCUT2D eigenvalue weighted by molar-refractivity contribution is 0.102. The van der Waals surface area contributed by atoms with Gasteiger partial charge in [0.2, 0.25) is 0 Å². The number of carbonyl (C=O) groups excluding carboxylic acids is 1. The number of rotatable bonds is 4. The van der Waals surface area contributed by atoms with E-state index in [0.717, 1.165) is 11.1 Å². The topological polar surface area (TPSA) is 77.0 Å². The first-order chi connectivity index (χ1) is 11.7. The average molecular weight is 341 g/mol. The van der Waals surface area contributed by atoms with Gasteiger partial charge < -0.3 is 10.1 Å². The van der Waals surface area contributed by atoms with Crippen LogP contribution < -0.4 is 10.1 Å². The smallest absolute Gasteiger partial charge is 0.259 e. The van der Waals surface area contributed by atoms with E-state index in [1.165, 1.54) is 18.7 Å². The number of halogens is 1. The summed E-state index contributed by atoms with van der Waals surface area (Å²) in [5, 5.41) is 3.21. The summed E-state index contributed by atoms with van der Waals surface area (Å²) in [6.45, 7) is 0. The molecule has 120 valence electrons. The molecular weight excluding hydrogens is 328 g/mol. The zero-order chi connectivity index (χ0) is 16.9. The van der Waals surface area contributed by atoms with Crippen LogP contribution in [0.2, 0.25) is 5.02 Å². The summed E-state index contributed by atoms with van der Waals surface area (Å²) in [6.07, 6.45) is 5.91. The molecule has 1 aromatic carbocycles. The van der Waals surface area contributed by atoms with Crippen molar-refractivity contribution in [3.05, 3.63) is 65.8 Å². The van der Waals surface area contributed by atoms with E-state index in [4.69, 9.17) is 16.3 Å². The molecule has 0 bridgehead atoms. The Hall–Kier alpha value is -2.99. The molecule has 2 aromatic heterocycles. The van der Waals surface area contributed by atoms with Gasteiger partial charge in [-0.15, -0.1) is 0 Å². The third-order valence-electron chi connectivity index (χ3n) is 3.31. The highest BCUT2D eigenvalue weighted by molar-refractivity contribution is 6.32. The number of methoxy groups -OCH3 is 1. The van der Waals surface area contributed by atoms with Gasteiger partial charge in [0.25, 0.3) is 5.91 Å². The number of benzene rings is 1. The lowest BCUT2D eigenvalue weighted by atomic mass is 10.1. The number of anilines is 1. The molecular formula is C17H13ClN4O2. The van der Waals surface area contributed by atoms with Crippen molar-refractivity contribution in [1.29, 1.82) is 0 Å². The van der Waals surface area contributed by atoms with E-state index in [2.05, 4.69) is 20.3 Å². The van der Waals surface area contributed by atoms with E-state index in [1.54, 1.807) is 31.5 Å². The summed E-state index contributed by atoms with van der Waals surface area (Å²) < 4.78 is 5.14. The van der Waals surface area contributed by atoms with Crippen LogP contribution in [0.4, 0.5) is 5.82 Å². The van der Waals surface area contributed by atoms with Gasteiger partial charge in [0.1, 0.15) is 17.9 Å². The van der Waals surface area contributed by atoms with Crippen molar-refractivity contribution in [2.45, 2.75) is 0 Å². The predicted octanol–water partition coefficient (Wildman–Crippen LogP) is 3.45. The zero-order valence-electron chi connectivity index (χ0n) is 12.7. The van der Waals surface area contributed by atoms with Crippen LogP contribution in [0.3, 0.4) is 0 Å². The number of pyridine rings is 1. The van der Waals surface area contributed by atoms with Gasteiger partial charge in [-0.05, 0) is 29.8 Å². The highest BCUT2D eigenvalue weighted by atomic mass is 35.5. The van der Waals surface area contributed by atoms with E-state index < -0.39 is 0 Å². The van der Waals surface area contributed by atoms with Crippen LogP contribution in [0.5, 0.6) is 5.75 Å². The third kappa shape index (κ3) is 3.49. The van der Waals surface area contributed by atoms with Crippen LogP contribution in [-0.2, 0) is 0 Å². The van der Waals surface area contributed by atoms with Crippen molar-refractivity contribution in [1.82, 2.24) is 15.0 Å². The van der Waals surface area contributed by atoms with E-state index in [0.29, 0.717) is 22.2 Å². The standard InChI is InChI=1S/C17H13ClN4O2/c1-24-15-4-2-11(6-14(15)18)12-3-5-16(21-9-12)22-17(23)13-7-19-10-20-8-13/h2-10H,1H3,(H,21,22,23). The first-order valence-corrected chi connectivity index (χ1v) is 7.41. The van der Waals surface area contributed by atoms with E-state index in [9.17, 15) is 4.79 Å². The number of nitrogens with zero attached hydrogens (tertiary/aromatic N) is 3. The van der Waals surface area contributed by atoms with E-state index >= 15 is 0 Å². The Balaban J connectivity index is 1.76. The lowest BCUT2D eigenvalue weighted by Gasteiger charge is -2.08. The molecule has 0 saturated heterocycles. The zero-order valence-corrected chi connectivity index (χ0v) is 13.5. The molecule has 0 fully saturated rings. The van der Waals surface area contributed by atoms with Crippen LogP contribution in [-0.4, -0.2) is 28.0 Å². The molecule has 1 amide bonds. The molecule has 0 radical (unpaired) electrons. The minimum absolute atomic E-state index is 0.316. The Morgan fingerprint density at radius 3 is 2.46 bits per heavy atom. The maximum atomic E-state index is 12.0. The van der Waals surface area contributed by atoms with Crippen molar-refractivity contribution in [2.24, 2.45) is 0 Å². The Bertz CT molecular complexity index is 854. The summed E-state index contributed by atoms with van der Waals surface area (Å²) >= 11 is 6.13. The molecule has 3 rings (SSSR count). The van der Waals surface area contributed by atoms with Crippen LogP contribution >= 0.6 is 11.6 Å². The Kier molecular flexibility index (Phi) is 4.67. The fraction of sp³-hybridized carbons (Fsp3) is 0.0588. The normalized spacial score (nSPS) is 10.2. The number of carbonyl (C=O) groups is 1. The maximum Gasteiger partial charge on any atom is 0.259 e. The van der Waals surface area contributed by atoms with Crippen LogP contribution in [0.25, 0.3) is 11.1 Å². The monoisotopic (exact) mass is 340 g/mol. The average Bonchev–Trinajstić information content (AvgIpc) is 2.63. The van der Waals surface area contributed by atoms with Gasteiger partial charge in [-0.1, -0.05) is 17.7 Å². The first kappa shape index (κ1) is 15.9. The molecule has 6 nitrogen and oxygen atoms in total. The molecule has 0 aliphatic carbocycles. The second kappa shape index (κ2) is 7.06. The maximum absolute atomic E-state index is 12.0. The fourth-order valence-electron chi connectivity index (χ4n) is 2.09. The molecule has 7 heteroatoms. The molecule has 0 unspecified atom stereocenters. The van der Waals surface area contributed by atoms with Gasteiger partial charge >= 0.3 is 0 Å². The summed E-state index contributed by atoms with van der Waals surface area (Å²) in [6, 6.07) is 9.05. The van der Waals surface area contributed by atoms with Gasteiger partial charge in [0.05, 0.1) is 17.7 Å². The fourth-order valence-corrected chi connectivity index (χ4v) is 2.35. The molecule has 0 aliphatic rings. The van der Waals surface area contributed by atoms with Gasteiger partial charge in [0, 0.05) is 24.2 Å². The lowest BCUT2D eigenvalue weighted by Crippen LogP contribution is -2.13. The van der Waals surface area contributed by atoms with Crippen molar-refractivity contribution in [3.8, 4) is 16.9 Å². The number of hydrogen-bond acceptors (Lipinski definition) is 5. The molecule has 2 heterocycles. The molecule has 0 spiro atoms. The van der Waals surface area contributed by atoms with Gasteiger partial charge in [-0.25, -0.2) is 15.0 Å². The van der Waals surface area contributed by atoms with Gasteiger partial charge in [-0.2, -0.15) is 0 Å². The molecule has 0 aliphatic heterocycles. The Labute approximate surface area is 143 Å². The highest BCUT2D eigenvalue weighted by Crippen LogP contribution is 2.30. The Morgan fingerprint density at radius 1 is 1.08 bits per heavy atom. The number of aromatic nitrogens is 3. The first-order valence-electron chi connectivity index (χ1n) is 7.03. The number of nitrogens with one attached hydrogen (secondary N) is 1. The van der Waals surface area contributed by atoms with Crippen LogP contribution in [0, 0.1) is 0 Å². The number of ether oxygens (including phenoxy) is 1. The molecule has 0 atom stereocenters. The number of amides is 1. The minimum Gasteiger partial charge on any atom is -0.495 e. The minimum atomic E-state index is -0.316. The van der Waals surface area contributed by atoms with Gasteiger partial charge in [0.15, 0.2) is 0 Å². The summed E-state index contributed by atoms with van der Waals surface area (Å²) in [4.78, 5) is 23.9. The second-order valence-electron chi connectivity index (χ2n) is 4.86. The van der Waals surface area contributed by atoms with Crippen molar-refractivity contribution >= 4 is 23.3 Å². The van der Waals surface area contributed by atoms with Crippen molar-refractivity contribution < 1.29 is 9.53 Å². The van der Waals surface area contributed by atoms with Crippen LogP contribution in [0.15, 0.2) is 55.2 Å². The largest absolute Gasteiger partial charge is 0.495 e. The van der Waals surface area contributed by atoms with E-state index in [1.807, 2.05) is 12.1 Å². The third-order valence-corrected chi connectivity index (χ3v) is 3.61. The second-order valence-corrected chi connectivity index (χ2v) is 5.27. The van der Waals surface area contributed by atoms with Crippen LogP contribution in [0.1, 0.15) is 10.4 Å². The molecule has 1 N–H and O–H groups in total. The SMILES string of the molecule is COc1ccc(-c2ccc(NC(=O)c3cncnc3)nc2)cc1Cl. The molecule has 24 heavy (non-hydrogen) atoms. The predicted molar refractivity (Wildman–Crippen MR) is 91.2 cm³/mol. The highest BCUT2D eigenvalue weighted by Gasteiger charge is 2.08.